The molecule has 8 heteroatoms. The molecule has 0 spiro atoms. The fraction of sp³-hybridized carbons (Fsp3) is 0. The molecule has 2 aromatic rings. The second-order valence-electron chi connectivity index (χ2n) is 3.99. The molecule has 0 bridgehead atoms. The number of aromatic amines is 1. The number of nitrogens with one attached hydrogen (secondary N) is 2. The van der Waals surface area contributed by atoms with Gasteiger partial charge >= 0.3 is 5.97 Å². The van der Waals surface area contributed by atoms with Crippen molar-refractivity contribution < 1.29 is 14.7 Å². The minimum absolute atomic E-state index is 0.0824. The lowest BCUT2D eigenvalue weighted by Gasteiger charge is -2.11. The second kappa shape index (κ2) is 6.23. The van der Waals surface area contributed by atoms with Crippen molar-refractivity contribution in [1.29, 1.82) is 0 Å². The summed E-state index contributed by atoms with van der Waals surface area (Å²) in [7, 11) is 0. The zero-order valence-electron chi connectivity index (χ0n) is 10.3. The minimum atomic E-state index is -1.20. The molecule has 6 nitrogen and oxygen atoms in total. The average Bonchev–Trinajstić information content (AvgIpc) is 2.41. The average molecular weight is 416 g/mol. The highest BCUT2D eigenvalue weighted by atomic mass is 79.9. The number of carboxylic acids is 1. The van der Waals surface area contributed by atoms with Crippen LogP contribution in [0.5, 0.6) is 0 Å². The van der Waals surface area contributed by atoms with E-state index in [1.165, 1.54) is 24.5 Å². The van der Waals surface area contributed by atoms with Crippen molar-refractivity contribution >= 4 is 49.4 Å². The lowest BCUT2D eigenvalue weighted by Crippen LogP contribution is -2.22. The summed E-state index contributed by atoms with van der Waals surface area (Å²) in [5, 5.41) is 11.6. The first-order chi connectivity index (χ1) is 9.90. The van der Waals surface area contributed by atoms with Gasteiger partial charge in [0.2, 0.25) is 0 Å². The van der Waals surface area contributed by atoms with Crippen LogP contribution >= 0.6 is 31.9 Å². The van der Waals surface area contributed by atoms with Gasteiger partial charge in [-0.05, 0) is 28.1 Å². The third-order valence-electron chi connectivity index (χ3n) is 2.59. The van der Waals surface area contributed by atoms with Crippen LogP contribution in [0.2, 0.25) is 0 Å². The molecule has 21 heavy (non-hydrogen) atoms. The van der Waals surface area contributed by atoms with Crippen LogP contribution in [-0.2, 0) is 0 Å². The molecule has 0 atom stereocenters. The van der Waals surface area contributed by atoms with Crippen molar-refractivity contribution in [1.82, 2.24) is 4.98 Å². The molecule has 1 aromatic carbocycles. The van der Waals surface area contributed by atoms with Crippen LogP contribution in [0.25, 0.3) is 0 Å². The summed E-state index contributed by atoms with van der Waals surface area (Å²) < 4.78 is 0.928. The number of rotatable bonds is 3. The SMILES string of the molecule is O=C(O)c1cc(Br)cc(Br)c1NC(=O)c1c[nH]ccc1=O. The summed E-state index contributed by atoms with van der Waals surface area (Å²) in [4.78, 5) is 37.6. The molecule has 3 N–H and O–H groups in total. The molecule has 0 aliphatic rings. The summed E-state index contributed by atoms with van der Waals surface area (Å²) >= 11 is 6.37. The van der Waals surface area contributed by atoms with Gasteiger partial charge in [0.05, 0.1) is 11.3 Å². The third kappa shape index (κ3) is 3.40. The maximum Gasteiger partial charge on any atom is 0.337 e. The van der Waals surface area contributed by atoms with Crippen molar-refractivity contribution in [2.75, 3.05) is 5.32 Å². The second-order valence-corrected chi connectivity index (χ2v) is 5.76. The van der Waals surface area contributed by atoms with Gasteiger partial charge in [-0.15, -0.1) is 0 Å². The first-order valence-electron chi connectivity index (χ1n) is 5.61. The number of hydrogen-bond acceptors (Lipinski definition) is 3. The van der Waals surface area contributed by atoms with Gasteiger partial charge in [0, 0.05) is 27.4 Å². The van der Waals surface area contributed by atoms with Gasteiger partial charge in [-0.1, -0.05) is 15.9 Å². The number of carbonyl (C=O) groups excluding carboxylic acids is 1. The Labute approximate surface area is 135 Å². The summed E-state index contributed by atoms with van der Waals surface area (Å²) in [6.45, 7) is 0. The van der Waals surface area contributed by atoms with Gasteiger partial charge in [-0.2, -0.15) is 0 Å². The summed E-state index contributed by atoms with van der Waals surface area (Å²) in [6.07, 6.45) is 2.65. The van der Waals surface area contributed by atoms with Crippen LogP contribution in [0.3, 0.4) is 0 Å². The van der Waals surface area contributed by atoms with Gasteiger partial charge in [0.25, 0.3) is 5.91 Å². The summed E-state index contributed by atoms with van der Waals surface area (Å²) in [6, 6.07) is 4.17. The third-order valence-corrected chi connectivity index (χ3v) is 3.68. The van der Waals surface area contributed by atoms with Gasteiger partial charge in [-0.3, -0.25) is 9.59 Å². The van der Waals surface area contributed by atoms with Gasteiger partial charge in [-0.25, -0.2) is 4.79 Å². The van der Waals surface area contributed by atoms with Gasteiger partial charge in [0.1, 0.15) is 5.56 Å². The summed E-state index contributed by atoms with van der Waals surface area (Å²) in [5.74, 6) is -1.89. The molecule has 0 aliphatic heterocycles. The van der Waals surface area contributed by atoms with Crippen LogP contribution in [0.1, 0.15) is 20.7 Å². The number of hydrogen-bond donors (Lipinski definition) is 3. The van der Waals surface area contributed by atoms with Gasteiger partial charge in [0.15, 0.2) is 5.43 Å². The fourth-order valence-corrected chi connectivity index (χ4v) is 2.97. The van der Waals surface area contributed by atoms with Crippen molar-refractivity contribution in [2.24, 2.45) is 0 Å². The van der Waals surface area contributed by atoms with E-state index in [9.17, 15) is 19.5 Å². The largest absolute Gasteiger partial charge is 0.478 e. The molecule has 0 unspecified atom stereocenters. The summed E-state index contributed by atoms with van der Waals surface area (Å²) in [5.41, 5.74) is -0.587. The maximum atomic E-state index is 12.1. The van der Waals surface area contributed by atoms with E-state index >= 15 is 0 Å². The Morgan fingerprint density at radius 1 is 1.19 bits per heavy atom. The van der Waals surface area contributed by atoms with Crippen molar-refractivity contribution in [3.8, 4) is 0 Å². The molecule has 0 fully saturated rings. The normalized spacial score (nSPS) is 10.2. The lowest BCUT2D eigenvalue weighted by atomic mass is 10.1. The molecule has 108 valence electrons. The van der Waals surface area contributed by atoms with E-state index in [2.05, 4.69) is 42.2 Å². The topological polar surface area (TPSA) is 99.3 Å². The fourth-order valence-electron chi connectivity index (χ4n) is 1.64. The first kappa shape index (κ1) is 15.5. The Balaban J connectivity index is 2.45. The predicted molar refractivity (Wildman–Crippen MR) is 83.8 cm³/mol. The number of carboxylic acid groups (broad SMARTS) is 1. The molecule has 0 aliphatic carbocycles. The van der Waals surface area contributed by atoms with Crippen LogP contribution in [-0.4, -0.2) is 22.0 Å². The maximum absolute atomic E-state index is 12.1. The number of pyridine rings is 1. The van der Waals surface area contributed by atoms with Gasteiger partial charge < -0.3 is 15.4 Å². The zero-order chi connectivity index (χ0) is 15.6. The first-order valence-corrected chi connectivity index (χ1v) is 7.19. The molecular weight excluding hydrogens is 408 g/mol. The van der Waals surface area contributed by atoms with E-state index in [-0.39, 0.29) is 16.8 Å². The van der Waals surface area contributed by atoms with E-state index < -0.39 is 17.3 Å². The number of amides is 1. The van der Waals surface area contributed by atoms with Crippen LogP contribution in [0.4, 0.5) is 5.69 Å². The molecule has 1 aromatic heterocycles. The quantitative estimate of drug-likeness (QED) is 0.717. The Morgan fingerprint density at radius 3 is 2.52 bits per heavy atom. The molecular formula is C13H8Br2N2O4. The number of anilines is 1. The van der Waals surface area contributed by atoms with Crippen molar-refractivity contribution in [3.63, 3.8) is 0 Å². The number of benzene rings is 1. The Morgan fingerprint density at radius 2 is 1.90 bits per heavy atom. The highest BCUT2D eigenvalue weighted by molar-refractivity contribution is 9.11. The Hall–Kier alpha value is -1.93. The Kier molecular flexibility index (Phi) is 4.59. The highest BCUT2D eigenvalue weighted by Gasteiger charge is 2.18. The number of aromatic carboxylic acids is 1. The highest BCUT2D eigenvalue weighted by Crippen LogP contribution is 2.31. The van der Waals surface area contributed by atoms with Crippen molar-refractivity contribution in [2.45, 2.75) is 0 Å². The van der Waals surface area contributed by atoms with E-state index in [4.69, 9.17) is 0 Å². The molecule has 1 heterocycles. The monoisotopic (exact) mass is 414 g/mol. The smallest absolute Gasteiger partial charge is 0.337 e. The number of H-pyrrole nitrogens is 1. The van der Waals surface area contributed by atoms with Crippen LogP contribution in [0, 0.1) is 0 Å². The predicted octanol–water partition coefficient (Wildman–Crippen LogP) is 2.85. The zero-order valence-corrected chi connectivity index (χ0v) is 13.5. The number of aromatic nitrogens is 1. The van der Waals surface area contributed by atoms with E-state index in [0.717, 1.165) is 0 Å². The van der Waals surface area contributed by atoms with Crippen LogP contribution < -0.4 is 10.7 Å². The molecule has 2 rings (SSSR count). The number of carbonyl (C=O) groups is 2. The minimum Gasteiger partial charge on any atom is -0.478 e. The van der Waals surface area contributed by atoms with E-state index in [1.54, 1.807) is 6.07 Å². The van der Waals surface area contributed by atoms with Crippen molar-refractivity contribution in [3.05, 3.63) is 60.9 Å². The number of halogens is 2. The Bertz CT molecular complexity index is 786. The van der Waals surface area contributed by atoms with E-state index in [1.807, 2.05) is 0 Å². The standard InChI is InChI=1S/C13H8Br2N2O4/c14-6-3-7(13(20)21)11(9(15)4-6)17-12(19)8-5-16-2-1-10(8)18/h1-5H,(H,16,18)(H,17,19)(H,20,21). The lowest BCUT2D eigenvalue weighted by molar-refractivity contribution is 0.0698. The molecule has 0 saturated carbocycles. The van der Waals surface area contributed by atoms with E-state index in [0.29, 0.717) is 8.95 Å². The molecule has 0 radical (unpaired) electrons. The molecule has 0 saturated heterocycles. The van der Waals surface area contributed by atoms with Crippen LogP contribution in [0.15, 0.2) is 44.3 Å². The molecule has 1 amide bonds.